The van der Waals surface area contributed by atoms with E-state index in [-0.39, 0.29) is 16.7 Å². The highest BCUT2D eigenvalue weighted by atomic mass is 32.2. The zero-order valence-electron chi connectivity index (χ0n) is 16.8. The number of nitriles is 1. The number of hydrogen-bond acceptors (Lipinski definition) is 5. The number of halogens is 1. The Morgan fingerprint density at radius 1 is 0.969 bits per heavy atom. The minimum absolute atomic E-state index is 0.105. The zero-order chi connectivity index (χ0) is 22.1. The largest absolute Gasteiger partial charge is 0.319 e. The Labute approximate surface area is 185 Å². The maximum atomic E-state index is 13.4. The molecule has 3 aromatic carbocycles. The Bertz CT molecular complexity index is 1520. The van der Waals surface area contributed by atoms with Crippen LogP contribution < -0.4 is 0 Å². The molecule has 0 spiro atoms. The van der Waals surface area contributed by atoms with Gasteiger partial charge in [-0.2, -0.15) is 10.2 Å². The van der Waals surface area contributed by atoms with Crippen molar-refractivity contribution in [1.29, 1.82) is 5.26 Å². The SMILES string of the molecule is N#Cc1ccccc1CS(=O)c1nnc2c3ccccc3n(Cc3ccc(F)cc3)c2n1. The lowest BCUT2D eigenvalue weighted by molar-refractivity contribution is 0.626. The molecule has 8 heteroatoms. The molecule has 1 atom stereocenters. The molecule has 2 heterocycles. The molecule has 5 rings (SSSR count). The van der Waals surface area contributed by atoms with Crippen molar-refractivity contribution in [3.05, 3.63) is 95.3 Å². The number of hydrogen-bond donors (Lipinski definition) is 0. The van der Waals surface area contributed by atoms with E-state index in [4.69, 9.17) is 0 Å². The molecular weight excluding hydrogens is 425 g/mol. The van der Waals surface area contributed by atoms with Crippen LogP contribution in [0.15, 0.2) is 78.0 Å². The standard InChI is InChI=1S/C24H16FN5OS/c25-19-11-9-16(10-12-19)14-30-21-8-4-3-7-20(21)22-23(30)27-24(29-28-22)32(31)15-18-6-2-1-5-17(18)13-26/h1-12H,14-15H2. The van der Waals surface area contributed by atoms with Crippen molar-refractivity contribution in [2.75, 3.05) is 0 Å². The lowest BCUT2D eigenvalue weighted by Gasteiger charge is -2.08. The highest BCUT2D eigenvalue weighted by molar-refractivity contribution is 7.84. The second kappa shape index (κ2) is 8.29. The van der Waals surface area contributed by atoms with Crippen LogP contribution >= 0.6 is 0 Å². The molecule has 0 bridgehead atoms. The highest BCUT2D eigenvalue weighted by Crippen LogP contribution is 2.27. The minimum Gasteiger partial charge on any atom is -0.319 e. The molecule has 156 valence electrons. The van der Waals surface area contributed by atoms with Crippen molar-refractivity contribution in [2.45, 2.75) is 17.5 Å². The van der Waals surface area contributed by atoms with E-state index >= 15 is 0 Å². The van der Waals surface area contributed by atoms with E-state index in [0.29, 0.717) is 28.8 Å². The summed E-state index contributed by atoms with van der Waals surface area (Å²) in [5.74, 6) is -0.176. The van der Waals surface area contributed by atoms with E-state index in [1.165, 1.54) is 12.1 Å². The normalized spacial score (nSPS) is 12.1. The van der Waals surface area contributed by atoms with Crippen molar-refractivity contribution in [2.24, 2.45) is 0 Å². The van der Waals surface area contributed by atoms with Crippen LogP contribution in [0, 0.1) is 17.1 Å². The van der Waals surface area contributed by atoms with Crippen LogP contribution in [0.3, 0.4) is 0 Å². The molecule has 0 aliphatic heterocycles. The van der Waals surface area contributed by atoms with Gasteiger partial charge in [-0.25, -0.2) is 4.39 Å². The number of fused-ring (bicyclic) bond motifs is 3. The highest BCUT2D eigenvalue weighted by Gasteiger charge is 2.18. The predicted molar refractivity (Wildman–Crippen MR) is 120 cm³/mol. The molecule has 0 N–H and O–H groups in total. The van der Waals surface area contributed by atoms with E-state index in [9.17, 15) is 13.9 Å². The molecule has 0 aliphatic carbocycles. The van der Waals surface area contributed by atoms with Crippen LogP contribution in [0.25, 0.3) is 22.1 Å². The molecular formula is C24H16FN5OS. The Kier molecular flexibility index (Phi) is 5.17. The molecule has 32 heavy (non-hydrogen) atoms. The first-order valence-corrected chi connectivity index (χ1v) is 11.2. The van der Waals surface area contributed by atoms with Crippen molar-refractivity contribution >= 4 is 32.9 Å². The summed E-state index contributed by atoms with van der Waals surface area (Å²) in [6, 6.07) is 23.2. The molecule has 0 amide bonds. The second-order valence-corrected chi connectivity index (χ2v) is 8.60. The van der Waals surface area contributed by atoms with Gasteiger partial charge < -0.3 is 4.57 Å². The van der Waals surface area contributed by atoms with E-state index < -0.39 is 10.8 Å². The summed E-state index contributed by atoms with van der Waals surface area (Å²) in [4.78, 5) is 4.61. The third kappa shape index (κ3) is 3.63. The fraction of sp³-hybridized carbons (Fsp3) is 0.0833. The van der Waals surface area contributed by atoms with E-state index in [1.807, 2.05) is 28.8 Å². The predicted octanol–water partition coefficient (Wildman–Crippen LogP) is 4.35. The van der Waals surface area contributed by atoms with Crippen LogP contribution in [0.4, 0.5) is 4.39 Å². The van der Waals surface area contributed by atoms with Gasteiger partial charge in [-0.3, -0.25) is 4.21 Å². The van der Waals surface area contributed by atoms with Crippen LogP contribution in [-0.4, -0.2) is 24.0 Å². The monoisotopic (exact) mass is 441 g/mol. The van der Waals surface area contributed by atoms with Crippen LogP contribution in [0.2, 0.25) is 0 Å². The average molecular weight is 441 g/mol. The Balaban J connectivity index is 1.59. The topological polar surface area (TPSA) is 84.5 Å². The van der Waals surface area contributed by atoms with Gasteiger partial charge in [0.25, 0.3) is 0 Å². The quantitative estimate of drug-likeness (QED) is 0.405. The van der Waals surface area contributed by atoms with E-state index in [2.05, 4.69) is 21.3 Å². The Morgan fingerprint density at radius 2 is 1.72 bits per heavy atom. The van der Waals surface area contributed by atoms with Gasteiger partial charge in [0.1, 0.15) is 11.3 Å². The van der Waals surface area contributed by atoms with Crippen molar-refractivity contribution in [1.82, 2.24) is 19.7 Å². The van der Waals surface area contributed by atoms with Crippen LogP contribution in [0.1, 0.15) is 16.7 Å². The first kappa shape index (κ1) is 20.0. The smallest absolute Gasteiger partial charge is 0.241 e. The second-order valence-electron chi connectivity index (χ2n) is 7.26. The van der Waals surface area contributed by atoms with E-state index in [1.54, 1.807) is 36.4 Å². The summed E-state index contributed by atoms with van der Waals surface area (Å²) >= 11 is 0. The van der Waals surface area contributed by atoms with Gasteiger partial charge in [-0.05, 0) is 35.4 Å². The van der Waals surface area contributed by atoms with Crippen LogP contribution in [0.5, 0.6) is 0 Å². The van der Waals surface area contributed by atoms with Crippen molar-refractivity contribution in [3.8, 4) is 6.07 Å². The lowest BCUT2D eigenvalue weighted by atomic mass is 10.1. The summed E-state index contributed by atoms with van der Waals surface area (Å²) in [7, 11) is -1.58. The van der Waals surface area contributed by atoms with Crippen molar-refractivity contribution < 1.29 is 8.60 Å². The van der Waals surface area contributed by atoms with Gasteiger partial charge >= 0.3 is 0 Å². The van der Waals surface area contributed by atoms with Crippen LogP contribution in [-0.2, 0) is 23.1 Å². The third-order valence-corrected chi connectivity index (χ3v) is 6.39. The fourth-order valence-electron chi connectivity index (χ4n) is 3.68. The third-order valence-electron chi connectivity index (χ3n) is 5.24. The molecule has 0 saturated heterocycles. The summed E-state index contributed by atoms with van der Waals surface area (Å²) in [6.45, 7) is 0.451. The molecule has 1 unspecified atom stereocenters. The van der Waals surface area contributed by atoms with Crippen molar-refractivity contribution in [3.63, 3.8) is 0 Å². The summed E-state index contributed by atoms with van der Waals surface area (Å²) in [6.07, 6.45) is 0. The van der Waals surface area contributed by atoms with Gasteiger partial charge in [0, 0.05) is 11.9 Å². The van der Waals surface area contributed by atoms with Gasteiger partial charge in [-0.15, -0.1) is 10.2 Å². The maximum Gasteiger partial charge on any atom is 0.241 e. The van der Waals surface area contributed by atoms with E-state index in [0.717, 1.165) is 16.5 Å². The minimum atomic E-state index is -1.58. The Morgan fingerprint density at radius 3 is 2.53 bits per heavy atom. The number of aromatic nitrogens is 4. The van der Waals surface area contributed by atoms with Gasteiger partial charge in [-0.1, -0.05) is 48.5 Å². The zero-order valence-corrected chi connectivity index (χ0v) is 17.6. The molecule has 0 saturated carbocycles. The Hall–Kier alpha value is -3.96. The number of para-hydroxylation sites is 1. The lowest BCUT2D eigenvalue weighted by Crippen LogP contribution is -2.07. The summed E-state index contributed by atoms with van der Waals surface area (Å²) in [5.41, 5.74) is 4.12. The molecule has 5 aromatic rings. The van der Waals surface area contributed by atoms with Gasteiger partial charge in [0.05, 0.1) is 33.7 Å². The molecule has 6 nitrogen and oxygen atoms in total. The fourth-order valence-corrected chi connectivity index (χ4v) is 4.66. The number of benzene rings is 3. The molecule has 0 radical (unpaired) electrons. The first-order valence-electron chi connectivity index (χ1n) is 9.86. The van der Waals surface area contributed by atoms with Gasteiger partial charge in [0.2, 0.25) is 5.16 Å². The number of nitrogens with zero attached hydrogens (tertiary/aromatic N) is 5. The number of rotatable bonds is 5. The first-order chi connectivity index (χ1) is 15.6. The summed E-state index contributed by atoms with van der Waals surface area (Å²) < 4.78 is 28.4. The molecule has 0 aliphatic rings. The average Bonchev–Trinajstić information content (AvgIpc) is 3.14. The maximum absolute atomic E-state index is 13.4. The molecule has 0 fully saturated rings. The molecule has 2 aromatic heterocycles. The van der Waals surface area contributed by atoms with Gasteiger partial charge in [0.15, 0.2) is 5.65 Å². The summed E-state index contributed by atoms with van der Waals surface area (Å²) in [5, 5.41) is 18.8.